The van der Waals surface area contributed by atoms with Gasteiger partial charge in [-0.25, -0.2) is 0 Å². The fourth-order valence-corrected chi connectivity index (χ4v) is 4.22. The first-order chi connectivity index (χ1) is 14.0. The number of nitrogens with zero attached hydrogens (tertiary/aromatic N) is 3. The van der Waals surface area contributed by atoms with E-state index in [1.807, 2.05) is 6.07 Å². The molecule has 2 aliphatic rings. The number of guanidine groups is 1. The van der Waals surface area contributed by atoms with Crippen LogP contribution in [0.4, 0.5) is 0 Å². The lowest BCUT2D eigenvalue weighted by molar-refractivity contribution is 0.0694. The lowest BCUT2D eigenvalue weighted by Gasteiger charge is -2.38. The first-order valence-electron chi connectivity index (χ1n) is 11.2. The van der Waals surface area contributed by atoms with Gasteiger partial charge in [-0.2, -0.15) is 0 Å². The van der Waals surface area contributed by atoms with Crippen molar-refractivity contribution in [3.8, 4) is 5.75 Å². The van der Waals surface area contributed by atoms with Crippen molar-refractivity contribution in [2.24, 2.45) is 4.99 Å². The fourth-order valence-electron chi connectivity index (χ4n) is 4.22. The topological polar surface area (TPSA) is 52.1 Å². The molecule has 0 spiro atoms. The number of nitrogens with one attached hydrogen (secondary N) is 2. The molecule has 3 rings (SSSR count). The van der Waals surface area contributed by atoms with Crippen molar-refractivity contribution in [3.63, 3.8) is 0 Å². The highest BCUT2D eigenvalue weighted by molar-refractivity contribution is 14.0. The molecule has 0 bridgehead atoms. The molecule has 0 aromatic heterocycles. The molecule has 1 atom stereocenters. The number of likely N-dealkylation sites (N-methyl/N-ethyl adjacent to an activating group) is 1. The van der Waals surface area contributed by atoms with Crippen molar-refractivity contribution in [1.82, 2.24) is 20.4 Å². The Morgan fingerprint density at radius 3 is 2.80 bits per heavy atom. The molecule has 0 amide bonds. The Bertz CT molecular complexity index is 681. The van der Waals surface area contributed by atoms with Crippen molar-refractivity contribution in [2.45, 2.75) is 51.7 Å². The van der Waals surface area contributed by atoms with Crippen molar-refractivity contribution in [3.05, 3.63) is 29.8 Å². The van der Waals surface area contributed by atoms with Crippen molar-refractivity contribution in [1.29, 1.82) is 0 Å². The van der Waals surface area contributed by atoms with Crippen molar-refractivity contribution >= 4 is 29.9 Å². The van der Waals surface area contributed by atoms with Gasteiger partial charge in [-0.1, -0.05) is 18.2 Å². The molecule has 2 aliphatic heterocycles. The quantitative estimate of drug-likeness (QED) is 0.256. The summed E-state index contributed by atoms with van der Waals surface area (Å²) >= 11 is 0. The summed E-state index contributed by atoms with van der Waals surface area (Å²) in [7, 11) is 2.22. The molecule has 1 fully saturated rings. The van der Waals surface area contributed by atoms with Gasteiger partial charge in [0.1, 0.15) is 11.4 Å². The van der Waals surface area contributed by atoms with E-state index in [0.717, 1.165) is 44.2 Å². The molecule has 1 unspecified atom stereocenters. The maximum absolute atomic E-state index is 6.17. The maximum atomic E-state index is 6.17. The minimum atomic E-state index is -0.191. The second kappa shape index (κ2) is 12.1. The number of ether oxygens (including phenoxy) is 1. The van der Waals surface area contributed by atoms with E-state index in [9.17, 15) is 0 Å². The van der Waals surface area contributed by atoms with Crippen LogP contribution in [0.3, 0.4) is 0 Å². The average Bonchev–Trinajstić information content (AvgIpc) is 2.88. The number of aliphatic imine (C=N–C) groups is 1. The summed E-state index contributed by atoms with van der Waals surface area (Å²) in [5, 5.41) is 7.08. The number of benzene rings is 1. The molecule has 0 radical (unpaired) electrons. The maximum Gasteiger partial charge on any atom is 0.191 e. The van der Waals surface area contributed by atoms with E-state index >= 15 is 0 Å². The Morgan fingerprint density at radius 1 is 1.20 bits per heavy atom. The van der Waals surface area contributed by atoms with E-state index in [4.69, 9.17) is 9.73 Å². The highest BCUT2D eigenvalue weighted by Gasteiger charge is 2.33. The predicted molar refractivity (Wildman–Crippen MR) is 136 cm³/mol. The summed E-state index contributed by atoms with van der Waals surface area (Å²) in [5.41, 5.74) is 1.02. The molecule has 0 aliphatic carbocycles. The highest BCUT2D eigenvalue weighted by atomic mass is 127. The number of fused-ring (bicyclic) bond motifs is 1. The Morgan fingerprint density at radius 2 is 2.00 bits per heavy atom. The monoisotopic (exact) mass is 529 g/mol. The van der Waals surface area contributed by atoms with Gasteiger partial charge in [-0.3, -0.25) is 4.99 Å². The van der Waals surface area contributed by atoms with Gasteiger partial charge >= 0.3 is 0 Å². The molecule has 7 heteroatoms. The van der Waals surface area contributed by atoms with E-state index in [2.05, 4.69) is 66.5 Å². The van der Waals surface area contributed by atoms with Crippen LogP contribution in [0.1, 0.15) is 51.6 Å². The van der Waals surface area contributed by atoms with Gasteiger partial charge in [0, 0.05) is 38.2 Å². The number of halogens is 1. The van der Waals surface area contributed by atoms with Crippen LogP contribution in [0.5, 0.6) is 5.75 Å². The molecular weight excluding hydrogens is 489 g/mol. The predicted octanol–water partition coefficient (Wildman–Crippen LogP) is 3.49. The van der Waals surface area contributed by atoms with Gasteiger partial charge in [0.05, 0.1) is 6.04 Å². The van der Waals surface area contributed by atoms with Crippen LogP contribution in [-0.2, 0) is 0 Å². The van der Waals surface area contributed by atoms with Crippen LogP contribution in [-0.4, -0.2) is 74.2 Å². The Hall–Kier alpha value is -1.06. The molecule has 30 heavy (non-hydrogen) atoms. The second-order valence-corrected chi connectivity index (χ2v) is 8.91. The van der Waals surface area contributed by atoms with Crippen LogP contribution in [0.25, 0.3) is 0 Å². The molecule has 170 valence electrons. The lowest BCUT2D eigenvalue weighted by Crippen LogP contribution is -2.45. The summed E-state index contributed by atoms with van der Waals surface area (Å²) in [5.74, 6) is 1.88. The summed E-state index contributed by atoms with van der Waals surface area (Å²) in [6, 6.07) is 8.54. The molecule has 0 saturated carbocycles. The molecule has 2 N–H and O–H groups in total. The van der Waals surface area contributed by atoms with Gasteiger partial charge in [0.2, 0.25) is 0 Å². The normalized spacial score (nSPS) is 22.3. The van der Waals surface area contributed by atoms with Crippen LogP contribution in [0.2, 0.25) is 0 Å². The molecule has 2 heterocycles. The van der Waals surface area contributed by atoms with Crippen LogP contribution in [0, 0.1) is 0 Å². The first-order valence-corrected chi connectivity index (χ1v) is 11.2. The smallest absolute Gasteiger partial charge is 0.191 e. The summed E-state index contributed by atoms with van der Waals surface area (Å²) in [6.45, 7) is 14.0. The zero-order valence-electron chi connectivity index (χ0n) is 19.1. The third kappa shape index (κ3) is 7.57. The molecule has 6 nitrogen and oxygen atoms in total. The van der Waals surface area contributed by atoms with Gasteiger partial charge in [-0.05, 0) is 66.4 Å². The van der Waals surface area contributed by atoms with E-state index in [0.29, 0.717) is 0 Å². The highest BCUT2D eigenvalue weighted by Crippen LogP contribution is 2.39. The minimum Gasteiger partial charge on any atom is -0.487 e. The van der Waals surface area contributed by atoms with E-state index in [1.165, 1.54) is 38.2 Å². The van der Waals surface area contributed by atoms with E-state index in [-0.39, 0.29) is 35.6 Å². The van der Waals surface area contributed by atoms with Crippen molar-refractivity contribution in [2.75, 3.05) is 52.9 Å². The van der Waals surface area contributed by atoms with Gasteiger partial charge < -0.3 is 25.2 Å². The Labute approximate surface area is 199 Å². The summed E-state index contributed by atoms with van der Waals surface area (Å²) < 4.78 is 6.17. The largest absolute Gasteiger partial charge is 0.487 e. The molecule has 1 aromatic rings. The number of hydrogen-bond donors (Lipinski definition) is 2. The molecule has 1 aromatic carbocycles. The zero-order valence-corrected chi connectivity index (χ0v) is 21.4. The Balaban J connectivity index is 0.00000320. The average molecular weight is 530 g/mol. The standard InChI is InChI=1S/C23H39N5O.HI/c1-5-24-22(25-12-8-14-28-15-9-13-27(4)16-17-28)26-20-18-23(2,3)29-21-11-7-6-10-19(20)21;/h6-7,10-11,20H,5,8-9,12-18H2,1-4H3,(H2,24,25,26);1H. The SMILES string of the molecule is CCNC(=NCCCN1CCCN(C)CC1)NC1CC(C)(C)Oc2ccccc21.I. The minimum absolute atomic E-state index is 0. The fraction of sp³-hybridized carbons (Fsp3) is 0.696. The van der Waals surface area contributed by atoms with Crippen LogP contribution < -0.4 is 15.4 Å². The Kier molecular flexibility index (Phi) is 10.2. The zero-order chi connectivity index (χ0) is 20.7. The summed E-state index contributed by atoms with van der Waals surface area (Å²) in [4.78, 5) is 9.88. The second-order valence-electron chi connectivity index (χ2n) is 8.91. The van der Waals surface area contributed by atoms with Crippen LogP contribution in [0.15, 0.2) is 29.3 Å². The molecular formula is C23H40IN5O. The number of rotatable bonds is 6. The van der Waals surface area contributed by atoms with Gasteiger partial charge in [0.25, 0.3) is 0 Å². The number of hydrogen-bond acceptors (Lipinski definition) is 4. The third-order valence-electron chi connectivity index (χ3n) is 5.75. The van der Waals surface area contributed by atoms with Crippen molar-refractivity contribution < 1.29 is 4.74 Å². The number of para-hydroxylation sites is 1. The van der Waals surface area contributed by atoms with Crippen LogP contribution >= 0.6 is 24.0 Å². The summed E-state index contributed by atoms with van der Waals surface area (Å²) in [6.07, 6.45) is 3.27. The first kappa shape index (κ1) is 25.2. The van der Waals surface area contributed by atoms with E-state index < -0.39 is 0 Å². The van der Waals surface area contributed by atoms with Gasteiger partial charge in [0.15, 0.2) is 5.96 Å². The van der Waals surface area contributed by atoms with Gasteiger partial charge in [-0.15, -0.1) is 24.0 Å². The lowest BCUT2D eigenvalue weighted by atomic mass is 9.90. The third-order valence-corrected chi connectivity index (χ3v) is 5.75. The van der Waals surface area contributed by atoms with E-state index in [1.54, 1.807) is 0 Å². The molecule has 1 saturated heterocycles.